The third-order valence-corrected chi connectivity index (χ3v) is 7.47. The number of nitriles is 1. The fraction of sp³-hybridized carbons (Fsp3) is 0.429. The first-order valence-electron chi connectivity index (χ1n) is 12.6. The van der Waals surface area contributed by atoms with Crippen LogP contribution < -0.4 is 25.0 Å². The van der Waals surface area contributed by atoms with Crippen molar-refractivity contribution in [3.05, 3.63) is 52.8 Å². The van der Waals surface area contributed by atoms with Gasteiger partial charge in [0.15, 0.2) is 0 Å². The fourth-order valence-corrected chi connectivity index (χ4v) is 5.16. The average Bonchev–Trinajstić information content (AvgIpc) is 3.72. The van der Waals surface area contributed by atoms with Crippen LogP contribution in [0.1, 0.15) is 59.4 Å². The zero-order chi connectivity index (χ0) is 26.2. The first-order chi connectivity index (χ1) is 17.9. The molecule has 1 aromatic carbocycles. The summed E-state index contributed by atoms with van der Waals surface area (Å²) in [6.07, 6.45) is 5.06. The second kappa shape index (κ2) is 9.87. The highest BCUT2D eigenvalue weighted by molar-refractivity contribution is 6.08. The minimum Gasteiger partial charge on any atom is -0.495 e. The number of pyridine rings is 2. The monoisotopic (exact) mass is 500 g/mol. The number of ether oxygens (including phenoxy) is 2. The predicted octanol–water partition coefficient (Wildman–Crippen LogP) is 3.65. The molecule has 1 amide bonds. The molecule has 0 unspecified atom stereocenters. The average molecular weight is 501 g/mol. The molecule has 192 valence electrons. The van der Waals surface area contributed by atoms with Crippen LogP contribution in [-0.4, -0.2) is 55.3 Å². The highest BCUT2D eigenvalue weighted by Crippen LogP contribution is 2.41. The SMILES string of the molecule is COc1cc([C@H](C)NC(=O)c2cnc3c(OC)nc(C)cc3c2N2CCNC3(CC2)CC3)ccc1C#N. The Morgan fingerprint density at radius 1 is 1.22 bits per heavy atom. The standard InChI is InChI=1S/C28H32N6O3/c1-17-13-21-24(27(32-17)37-4)30-16-22(25(21)34-11-9-28(7-8-28)31-10-12-34)26(35)33-18(2)19-5-6-20(15-29)23(14-19)36-3/h5-6,13-14,16,18,31H,7-12H2,1-4H3,(H,33,35)/t18-/m0/s1. The second-order valence-electron chi connectivity index (χ2n) is 9.90. The van der Waals surface area contributed by atoms with Gasteiger partial charge in [-0.2, -0.15) is 5.26 Å². The van der Waals surface area contributed by atoms with Crippen LogP contribution >= 0.6 is 0 Å². The Morgan fingerprint density at radius 2 is 2.03 bits per heavy atom. The maximum absolute atomic E-state index is 13.8. The van der Waals surface area contributed by atoms with E-state index in [2.05, 4.69) is 31.6 Å². The highest BCUT2D eigenvalue weighted by atomic mass is 16.5. The second-order valence-corrected chi connectivity index (χ2v) is 9.90. The van der Waals surface area contributed by atoms with Gasteiger partial charge in [0.2, 0.25) is 5.88 Å². The van der Waals surface area contributed by atoms with Crippen molar-refractivity contribution < 1.29 is 14.3 Å². The molecule has 3 heterocycles. The fourth-order valence-electron chi connectivity index (χ4n) is 5.16. The van der Waals surface area contributed by atoms with Crippen LogP contribution in [0, 0.1) is 18.3 Å². The summed E-state index contributed by atoms with van der Waals surface area (Å²) in [5.41, 5.74) is 4.35. The third kappa shape index (κ3) is 4.77. The molecular weight excluding hydrogens is 468 g/mol. The van der Waals surface area contributed by atoms with E-state index in [1.807, 2.05) is 26.0 Å². The van der Waals surface area contributed by atoms with Crippen LogP contribution in [0.2, 0.25) is 0 Å². The van der Waals surface area contributed by atoms with Gasteiger partial charge in [-0.15, -0.1) is 0 Å². The Hall–Kier alpha value is -3.90. The normalized spacial score (nSPS) is 17.1. The zero-order valence-corrected chi connectivity index (χ0v) is 21.7. The van der Waals surface area contributed by atoms with Crippen molar-refractivity contribution in [2.75, 3.05) is 38.8 Å². The number of aryl methyl sites for hydroxylation is 1. The van der Waals surface area contributed by atoms with E-state index in [9.17, 15) is 10.1 Å². The Bertz CT molecular complexity index is 1390. The lowest BCUT2D eigenvalue weighted by molar-refractivity contribution is 0.0940. The number of anilines is 1. The molecule has 9 nitrogen and oxygen atoms in total. The lowest BCUT2D eigenvalue weighted by Crippen LogP contribution is -2.33. The van der Waals surface area contributed by atoms with Crippen LogP contribution in [0.4, 0.5) is 5.69 Å². The minimum atomic E-state index is -0.313. The summed E-state index contributed by atoms with van der Waals surface area (Å²) < 4.78 is 10.9. The quantitative estimate of drug-likeness (QED) is 0.528. The summed E-state index contributed by atoms with van der Waals surface area (Å²) in [4.78, 5) is 25.2. The van der Waals surface area contributed by atoms with E-state index in [0.29, 0.717) is 28.3 Å². The molecule has 1 aliphatic heterocycles. The summed E-state index contributed by atoms with van der Waals surface area (Å²) >= 11 is 0. The predicted molar refractivity (Wildman–Crippen MR) is 141 cm³/mol. The maximum atomic E-state index is 13.8. The molecule has 1 saturated heterocycles. The van der Waals surface area contributed by atoms with E-state index in [-0.39, 0.29) is 17.5 Å². The van der Waals surface area contributed by atoms with Gasteiger partial charge in [-0.3, -0.25) is 4.79 Å². The van der Waals surface area contributed by atoms with E-state index >= 15 is 0 Å². The van der Waals surface area contributed by atoms with Gasteiger partial charge in [0.25, 0.3) is 5.91 Å². The van der Waals surface area contributed by atoms with Crippen molar-refractivity contribution in [2.24, 2.45) is 0 Å². The van der Waals surface area contributed by atoms with Crippen LogP contribution in [-0.2, 0) is 0 Å². The number of hydrogen-bond donors (Lipinski definition) is 2. The summed E-state index contributed by atoms with van der Waals surface area (Å²) in [6, 6.07) is 9.13. The number of amides is 1. The molecule has 2 aliphatic rings. The van der Waals surface area contributed by atoms with Gasteiger partial charge in [-0.05, 0) is 56.9 Å². The van der Waals surface area contributed by atoms with Gasteiger partial charge in [0.1, 0.15) is 17.3 Å². The number of carbonyl (C=O) groups is 1. The Kier molecular flexibility index (Phi) is 6.61. The first kappa shape index (κ1) is 24.8. The number of aromatic nitrogens is 2. The summed E-state index contributed by atoms with van der Waals surface area (Å²) in [5, 5.41) is 17.0. The largest absolute Gasteiger partial charge is 0.495 e. The number of nitrogens with zero attached hydrogens (tertiary/aromatic N) is 4. The molecule has 1 saturated carbocycles. The Labute approximate surface area is 216 Å². The maximum Gasteiger partial charge on any atom is 0.255 e. The molecule has 1 atom stereocenters. The van der Waals surface area contributed by atoms with Crippen molar-refractivity contribution in [1.82, 2.24) is 20.6 Å². The smallest absolute Gasteiger partial charge is 0.255 e. The molecule has 2 aromatic heterocycles. The minimum absolute atomic E-state index is 0.216. The van der Waals surface area contributed by atoms with Gasteiger partial charge in [-0.25, -0.2) is 9.97 Å². The van der Waals surface area contributed by atoms with Gasteiger partial charge in [0.05, 0.1) is 37.1 Å². The lowest BCUT2D eigenvalue weighted by atomic mass is 10.0. The van der Waals surface area contributed by atoms with E-state index in [0.717, 1.165) is 48.4 Å². The molecule has 37 heavy (non-hydrogen) atoms. The van der Waals surface area contributed by atoms with Crippen molar-refractivity contribution in [3.8, 4) is 17.7 Å². The zero-order valence-electron chi connectivity index (χ0n) is 21.7. The number of fused-ring (bicyclic) bond motifs is 1. The van der Waals surface area contributed by atoms with Gasteiger partial charge in [0, 0.05) is 42.5 Å². The molecule has 5 rings (SSSR count). The number of methoxy groups -OCH3 is 2. The molecule has 2 fully saturated rings. The van der Waals surface area contributed by atoms with Gasteiger partial charge in [-0.1, -0.05) is 6.07 Å². The molecule has 1 spiro atoms. The number of nitrogens with one attached hydrogen (secondary N) is 2. The molecule has 0 bridgehead atoms. The molecule has 9 heteroatoms. The van der Waals surface area contributed by atoms with Crippen molar-refractivity contribution in [3.63, 3.8) is 0 Å². The summed E-state index contributed by atoms with van der Waals surface area (Å²) in [5.74, 6) is 0.718. The van der Waals surface area contributed by atoms with Crippen molar-refractivity contribution in [1.29, 1.82) is 5.26 Å². The number of benzene rings is 1. The molecule has 2 N–H and O–H groups in total. The number of carbonyl (C=O) groups excluding carboxylic acids is 1. The van der Waals surface area contributed by atoms with Crippen LogP contribution in [0.25, 0.3) is 10.9 Å². The Balaban J connectivity index is 1.53. The van der Waals surface area contributed by atoms with E-state index < -0.39 is 0 Å². The topological polar surface area (TPSA) is 112 Å². The highest BCUT2D eigenvalue weighted by Gasteiger charge is 2.43. The molecule has 0 radical (unpaired) electrons. The van der Waals surface area contributed by atoms with Crippen LogP contribution in [0.3, 0.4) is 0 Å². The summed E-state index contributed by atoms with van der Waals surface area (Å²) in [6.45, 7) is 6.32. The summed E-state index contributed by atoms with van der Waals surface area (Å²) in [7, 11) is 3.12. The third-order valence-electron chi connectivity index (χ3n) is 7.47. The van der Waals surface area contributed by atoms with E-state index in [1.165, 1.54) is 20.0 Å². The van der Waals surface area contributed by atoms with E-state index in [1.54, 1.807) is 25.4 Å². The number of rotatable bonds is 6. The van der Waals surface area contributed by atoms with Crippen molar-refractivity contribution in [2.45, 2.75) is 44.7 Å². The van der Waals surface area contributed by atoms with Crippen LogP contribution in [0.15, 0.2) is 30.5 Å². The molecule has 1 aliphatic carbocycles. The van der Waals surface area contributed by atoms with Crippen LogP contribution in [0.5, 0.6) is 11.6 Å². The number of hydrogen-bond acceptors (Lipinski definition) is 8. The molecular formula is C28H32N6O3. The van der Waals surface area contributed by atoms with E-state index in [4.69, 9.17) is 9.47 Å². The van der Waals surface area contributed by atoms with Gasteiger partial charge < -0.3 is 25.0 Å². The first-order valence-corrected chi connectivity index (χ1v) is 12.6. The molecule has 3 aromatic rings. The van der Waals surface area contributed by atoms with Gasteiger partial charge >= 0.3 is 0 Å². The van der Waals surface area contributed by atoms with Crippen molar-refractivity contribution >= 4 is 22.5 Å². The lowest BCUT2D eigenvalue weighted by Gasteiger charge is -2.27. The Morgan fingerprint density at radius 3 is 2.73 bits per heavy atom.